The zero-order chi connectivity index (χ0) is 12.3. The predicted octanol–water partition coefficient (Wildman–Crippen LogP) is 2.16. The molecular formula is C13H20N2OS. The van der Waals surface area contributed by atoms with Crippen LogP contribution in [0.5, 0.6) is 0 Å². The number of nitrogens with zero attached hydrogens (tertiary/aromatic N) is 1. The summed E-state index contributed by atoms with van der Waals surface area (Å²) in [4.78, 5) is 15.4. The van der Waals surface area contributed by atoms with Gasteiger partial charge < -0.3 is 10.2 Å². The molecule has 1 N–H and O–H groups in total. The molecule has 0 bridgehead atoms. The summed E-state index contributed by atoms with van der Waals surface area (Å²) in [5.41, 5.74) is 1.30. The Labute approximate surface area is 107 Å². The molecule has 1 saturated heterocycles. The Bertz CT molecular complexity index is 389. The molecule has 0 radical (unpaired) electrons. The monoisotopic (exact) mass is 252 g/mol. The first-order chi connectivity index (χ1) is 8.22. The minimum absolute atomic E-state index is 0.0511. The van der Waals surface area contributed by atoms with Crippen molar-refractivity contribution in [3.63, 3.8) is 0 Å². The van der Waals surface area contributed by atoms with Gasteiger partial charge in [-0.05, 0) is 43.3 Å². The average molecular weight is 252 g/mol. The maximum atomic E-state index is 12.1. The van der Waals surface area contributed by atoms with Crippen LogP contribution in [0.2, 0.25) is 0 Å². The molecule has 1 atom stereocenters. The van der Waals surface area contributed by atoms with Gasteiger partial charge in [-0.2, -0.15) is 0 Å². The Hall–Kier alpha value is -0.870. The summed E-state index contributed by atoms with van der Waals surface area (Å²) in [6, 6.07) is 2.17. The largest absolute Gasteiger partial charge is 0.336 e. The predicted molar refractivity (Wildman–Crippen MR) is 71.2 cm³/mol. The summed E-state index contributed by atoms with van der Waals surface area (Å²) in [6.45, 7) is 6.84. The molecule has 17 heavy (non-hydrogen) atoms. The van der Waals surface area contributed by atoms with E-state index in [9.17, 15) is 4.79 Å². The lowest BCUT2D eigenvalue weighted by molar-refractivity contribution is -0.129. The molecule has 1 amide bonds. The van der Waals surface area contributed by atoms with Crippen LogP contribution in [0, 0.1) is 6.92 Å². The van der Waals surface area contributed by atoms with E-state index in [-0.39, 0.29) is 11.9 Å². The van der Waals surface area contributed by atoms with E-state index >= 15 is 0 Å². The molecule has 1 aromatic rings. The first kappa shape index (κ1) is 12.6. The molecule has 2 heterocycles. The van der Waals surface area contributed by atoms with Crippen LogP contribution in [0.25, 0.3) is 0 Å². The molecule has 0 spiro atoms. The van der Waals surface area contributed by atoms with Gasteiger partial charge in [0.1, 0.15) is 0 Å². The van der Waals surface area contributed by atoms with Crippen molar-refractivity contribution in [2.45, 2.75) is 39.3 Å². The third-order valence-electron chi connectivity index (χ3n) is 3.24. The lowest BCUT2D eigenvalue weighted by Crippen LogP contribution is -2.38. The number of carbonyl (C=O) groups excluding carboxylic acids is 1. The van der Waals surface area contributed by atoms with Crippen molar-refractivity contribution in [1.82, 2.24) is 10.2 Å². The van der Waals surface area contributed by atoms with Crippen molar-refractivity contribution in [2.24, 2.45) is 0 Å². The van der Waals surface area contributed by atoms with E-state index in [4.69, 9.17) is 0 Å². The van der Waals surface area contributed by atoms with Crippen LogP contribution in [-0.2, 0) is 11.3 Å². The summed E-state index contributed by atoms with van der Waals surface area (Å²) >= 11 is 1.74. The van der Waals surface area contributed by atoms with E-state index in [0.29, 0.717) is 0 Å². The van der Waals surface area contributed by atoms with Gasteiger partial charge in [-0.1, -0.05) is 6.92 Å². The highest BCUT2D eigenvalue weighted by molar-refractivity contribution is 7.10. The van der Waals surface area contributed by atoms with Crippen LogP contribution in [0.15, 0.2) is 11.4 Å². The molecule has 3 nitrogen and oxygen atoms in total. The van der Waals surface area contributed by atoms with Crippen LogP contribution >= 0.6 is 11.3 Å². The van der Waals surface area contributed by atoms with Gasteiger partial charge in [0, 0.05) is 11.4 Å². The Morgan fingerprint density at radius 1 is 1.59 bits per heavy atom. The number of thiophene rings is 1. The van der Waals surface area contributed by atoms with Crippen molar-refractivity contribution >= 4 is 17.2 Å². The number of amides is 1. The van der Waals surface area contributed by atoms with E-state index in [0.717, 1.165) is 32.5 Å². The number of likely N-dealkylation sites (tertiary alicyclic amines) is 1. The van der Waals surface area contributed by atoms with Gasteiger partial charge in [0.25, 0.3) is 0 Å². The van der Waals surface area contributed by atoms with Crippen molar-refractivity contribution < 1.29 is 4.79 Å². The minimum atomic E-state index is 0.0511. The molecule has 4 heteroatoms. The highest BCUT2D eigenvalue weighted by Crippen LogP contribution is 2.21. The van der Waals surface area contributed by atoms with Gasteiger partial charge in [0.05, 0.1) is 12.6 Å². The van der Waals surface area contributed by atoms with E-state index in [1.165, 1.54) is 10.4 Å². The topological polar surface area (TPSA) is 32.3 Å². The Morgan fingerprint density at radius 3 is 3.06 bits per heavy atom. The zero-order valence-electron chi connectivity index (χ0n) is 10.5. The molecule has 1 fully saturated rings. The molecular weight excluding hydrogens is 232 g/mol. The highest BCUT2D eigenvalue weighted by Gasteiger charge is 2.31. The summed E-state index contributed by atoms with van der Waals surface area (Å²) < 4.78 is 0. The number of hydrogen-bond acceptors (Lipinski definition) is 3. The van der Waals surface area contributed by atoms with Gasteiger partial charge >= 0.3 is 0 Å². The maximum absolute atomic E-state index is 12.1. The summed E-state index contributed by atoms with van der Waals surface area (Å²) in [5.74, 6) is 0.270. The van der Waals surface area contributed by atoms with Crippen LogP contribution < -0.4 is 5.32 Å². The number of nitrogens with one attached hydrogen (secondary N) is 1. The Morgan fingerprint density at radius 2 is 2.41 bits per heavy atom. The van der Waals surface area contributed by atoms with Gasteiger partial charge in [-0.25, -0.2) is 0 Å². The van der Waals surface area contributed by atoms with Gasteiger partial charge in [-0.15, -0.1) is 11.3 Å². The second kappa shape index (κ2) is 5.65. The van der Waals surface area contributed by atoms with E-state index < -0.39 is 0 Å². The molecule has 94 valence electrons. The molecule has 1 aliphatic heterocycles. The van der Waals surface area contributed by atoms with Gasteiger partial charge in [0.15, 0.2) is 0 Å². The van der Waals surface area contributed by atoms with Crippen molar-refractivity contribution in [2.75, 3.05) is 13.1 Å². The molecule has 2 rings (SSSR count). The van der Waals surface area contributed by atoms with Crippen LogP contribution in [0.4, 0.5) is 0 Å². The lowest BCUT2D eigenvalue weighted by Gasteiger charge is -2.16. The number of rotatable bonds is 5. The molecule has 1 unspecified atom stereocenters. The normalized spacial score (nSPS) is 20.2. The fourth-order valence-corrected chi connectivity index (χ4v) is 3.06. The molecule has 0 saturated carbocycles. The first-order valence-corrected chi connectivity index (χ1v) is 7.15. The van der Waals surface area contributed by atoms with E-state index in [1.807, 2.05) is 4.90 Å². The SMILES string of the molecule is CCCNC1CCN(Cc2sccc2C)C1=O. The number of hydrogen-bond donors (Lipinski definition) is 1. The fraction of sp³-hybridized carbons (Fsp3) is 0.615. The molecule has 1 aromatic heterocycles. The smallest absolute Gasteiger partial charge is 0.240 e. The van der Waals surface area contributed by atoms with E-state index in [1.54, 1.807) is 11.3 Å². The number of carbonyl (C=O) groups is 1. The third kappa shape index (κ3) is 2.87. The first-order valence-electron chi connectivity index (χ1n) is 6.27. The van der Waals surface area contributed by atoms with Crippen LogP contribution in [0.1, 0.15) is 30.2 Å². The standard InChI is InChI=1S/C13H20N2OS/c1-3-6-14-11-4-7-15(13(11)16)9-12-10(2)5-8-17-12/h5,8,11,14H,3-4,6-7,9H2,1-2H3. The van der Waals surface area contributed by atoms with Crippen molar-refractivity contribution in [3.05, 3.63) is 21.9 Å². The Kier molecular flexibility index (Phi) is 4.18. The minimum Gasteiger partial charge on any atom is -0.336 e. The second-order valence-electron chi connectivity index (χ2n) is 4.58. The zero-order valence-corrected chi connectivity index (χ0v) is 11.3. The highest BCUT2D eigenvalue weighted by atomic mass is 32.1. The molecule has 0 aliphatic carbocycles. The quantitative estimate of drug-likeness (QED) is 0.871. The summed E-state index contributed by atoms with van der Waals surface area (Å²) in [6.07, 6.45) is 2.02. The Balaban J connectivity index is 1.92. The van der Waals surface area contributed by atoms with E-state index in [2.05, 4.69) is 30.6 Å². The number of aryl methyl sites for hydroxylation is 1. The molecule has 1 aliphatic rings. The summed E-state index contributed by atoms with van der Waals surface area (Å²) in [7, 11) is 0. The fourth-order valence-electron chi connectivity index (χ4n) is 2.14. The summed E-state index contributed by atoms with van der Waals surface area (Å²) in [5, 5.41) is 5.41. The van der Waals surface area contributed by atoms with Crippen molar-refractivity contribution in [3.8, 4) is 0 Å². The average Bonchev–Trinajstić information content (AvgIpc) is 2.86. The maximum Gasteiger partial charge on any atom is 0.240 e. The molecule has 0 aromatic carbocycles. The van der Waals surface area contributed by atoms with Crippen LogP contribution in [-0.4, -0.2) is 29.9 Å². The third-order valence-corrected chi connectivity index (χ3v) is 4.25. The van der Waals surface area contributed by atoms with Gasteiger partial charge in [-0.3, -0.25) is 4.79 Å². The van der Waals surface area contributed by atoms with Crippen LogP contribution in [0.3, 0.4) is 0 Å². The van der Waals surface area contributed by atoms with Crippen molar-refractivity contribution in [1.29, 1.82) is 0 Å². The second-order valence-corrected chi connectivity index (χ2v) is 5.58. The van der Waals surface area contributed by atoms with Gasteiger partial charge in [0.2, 0.25) is 5.91 Å². The lowest BCUT2D eigenvalue weighted by atomic mass is 10.2.